The van der Waals surface area contributed by atoms with E-state index in [2.05, 4.69) is 0 Å². The zero-order chi connectivity index (χ0) is 14.7. The molecule has 1 aromatic carbocycles. The second-order valence-corrected chi connectivity index (χ2v) is 4.33. The molecule has 6 heteroatoms. The third kappa shape index (κ3) is 2.63. The van der Waals surface area contributed by atoms with E-state index in [0.29, 0.717) is 10.4 Å². The summed E-state index contributed by atoms with van der Waals surface area (Å²) >= 11 is 5.86. The number of halogens is 1. The molecule has 2 aromatic rings. The van der Waals surface area contributed by atoms with Gasteiger partial charge in [0.15, 0.2) is 0 Å². The second-order valence-electron chi connectivity index (χ2n) is 3.90. The normalized spacial score (nSPS) is 10.6. The summed E-state index contributed by atoms with van der Waals surface area (Å²) in [4.78, 5) is 24.0. The maximum absolute atomic E-state index is 12.1. The number of carbonyl (C=O) groups excluding carboxylic acids is 1. The molecule has 5 nitrogen and oxygen atoms in total. The Hall–Kier alpha value is -2.01. The van der Waals surface area contributed by atoms with Crippen molar-refractivity contribution in [3.8, 4) is 5.95 Å². The van der Waals surface area contributed by atoms with Gasteiger partial charge in [0.2, 0.25) is 0 Å². The van der Waals surface area contributed by atoms with E-state index in [-0.39, 0.29) is 30.1 Å². The Labute approximate surface area is 120 Å². The highest BCUT2D eigenvalue weighted by atomic mass is 35.5. The fraction of sp³-hybridized carbons (Fsp3) is 0.286. The molecule has 0 atom stereocenters. The molecular formula is C14H13ClO5. The minimum absolute atomic E-state index is 0.0972. The maximum atomic E-state index is 12.1. The zero-order valence-corrected chi connectivity index (χ0v) is 11.8. The van der Waals surface area contributed by atoms with Gasteiger partial charge in [-0.15, -0.1) is 0 Å². The van der Waals surface area contributed by atoms with Crippen molar-refractivity contribution >= 4 is 28.3 Å². The van der Waals surface area contributed by atoms with Gasteiger partial charge in [0.05, 0.1) is 18.6 Å². The van der Waals surface area contributed by atoms with E-state index in [1.54, 1.807) is 26.0 Å². The van der Waals surface area contributed by atoms with Crippen LogP contribution in [-0.2, 0) is 4.74 Å². The van der Waals surface area contributed by atoms with E-state index in [4.69, 9.17) is 25.5 Å². The van der Waals surface area contributed by atoms with Gasteiger partial charge in [-0.2, -0.15) is 0 Å². The van der Waals surface area contributed by atoms with E-state index >= 15 is 0 Å². The van der Waals surface area contributed by atoms with Gasteiger partial charge in [0, 0.05) is 10.4 Å². The van der Waals surface area contributed by atoms with Crippen molar-refractivity contribution in [1.82, 2.24) is 0 Å². The van der Waals surface area contributed by atoms with Gasteiger partial charge in [0.1, 0.15) is 5.56 Å². The molecule has 0 radical (unpaired) electrons. The first-order valence-electron chi connectivity index (χ1n) is 6.14. The van der Waals surface area contributed by atoms with Crippen LogP contribution in [0.15, 0.2) is 27.4 Å². The molecule has 0 saturated heterocycles. The summed E-state index contributed by atoms with van der Waals surface area (Å²) in [5, 5.41) is 0.986. The van der Waals surface area contributed by atoms with Gasteiger partial charge < -0.3 is 13.9 Å². The van der Waals surface area contributed by atoms with Crippen LogP contribution in [0, 0.1) is 0 Å². The van der Waals surface area contributed by atoms with E-state index in [0.717, 1.165) is 0 Å². The first-order chi connectivity index (χ1) is 9.58. The van der Waals surface area contributed by atoms with Crippen LogP contribution < -0.4 is 10.4 Å². The second kappa shape index (κ2) is 5.96. The van der Waals surface area contributed by atoms with Crippen LogP contribution in [-0.4, -0.2) is 19.2 Å². The largest absolute Gasteiger partial charge is 0.465 e. The molecule has 0 aliphatic carbocycles. The molecule has 20 heavy (non-hydrogen) atoms. The molecule has 0 bridgehead atoms. The van der Waals surface area contributed by atoms with Crippen molar-refractivity contribution in [2.45, 2.75) is 13.8 Å². The highest BCUT2D eigenvalue weighted by Gasteiger charge is 2.22. The van der Waals surface area contributed by atoms with Gasteiger partial charge in [-0.1, -0.05) is 17.7 Å². The number of benzene rings is 1. The van der Waals surface area contributed by atoms with Crippen LogP contribution in [0.25, 0.3) is 10.8 Å². The third-order valence-electron chi connectivity index (χ3n) is 2.62. The predicted octanol–water partition coefficient (Wildman–Crippen LogP) is 3.02. The van der Waals surface area contributed by atoms with Crippen molar-refractivity contribution in [2.75, 3.05) is 13.2 Å². The van der Waals surface area contributed by atoms with Crippen molar-refractivity contribution in [3.63, 3.8) is 0 Å². The third-order valence-corrected chi connectivity index (χ3v) is 2.85. The molecule has 1 aromatic heterocycles. The maximum Gasteiger partial charge on any atom is 0.346 e. The Morgan fingerprint density at radius 3 is 2.65 bits per heavy atom. The summed E-state index contributed by atoms with van der Waals surface area (Å²) in [5.41, 5.74) is -0.515. The van der Waals surface area contributed by atoms with Gasteiger partial charge >= 0.3 is 17.5 Å². The summed E-state index contributed by atoms with van der Waals surface area (Å²) in [5.74, 6) is -0.738. The van der Waals surface area contributed by atoms with Gasteiger partial charge in [-0.3, -0.25) is 0 Å². The van der Waals surface area contributed by atoms with Gasteiger partial charge in [0.25, 0.3) is 0 Å². The lowest BCUT2D eigenvalue weighted by atomic mass is 10.1. The smallest absolute Gasteiger partial charge is 0.346 e. The van der Waals surface area contributed by atoms with Crippen LogP contribution >= 0.6 is 11.6 Å². The fourth-order valence-corrected chi connectivity index (χ4v) is 2.00. The van der Waals surface area contributed by atoms with Crippen LogP contribution in [0.3, 0.4) is 0 Å². The molecule has 2 rings (SSSR count). The number of esters is 1. The van der Waals surface area contributed by atoms with Gasteiger partial charge in [-0.25, -0.2) is 9.59 Å². The molecule has 1 heterocycles. The van der Waals surface area contributed by atoms with Crippen molar-refractivity contribution in [3.05, 3.63) is 39.2 Å². The predicted molar refractivity (Wildman–Crippen MR) is 74.6 cm³/mol. The Morgan fingerprint density at radius 1 is 1.25 bits per heavy atom. The van der Waals surface area contributed by atoms with Crippen LogP contribution in [0.1, 0.15) is 24.2 Å². The minimum atomic E-state index is -0.612. The SMILES string of the molecule is CCOC(=O)c1c(OCC)oc(=O)c2cc(Cl)ccc12. The Bertz CT molecular complexity index is 705. The lowest BCUT2D eigenvalue weighted by Gasteiger charge is -2.10. The summed E-state index contributed by atoms with van der Waals surface area (Å²) in [6, 6.07) is 4.60. The molecule has 0 unspecified atom stereocenters. The number of rotatable bonds is 4. The number of ether oxygens (including phenoxy) is 2. The highest BCUT2D eigenvalue weighted by molar-refractivity contribution is 6.31. The van der Waals surface area contributed by atoms with E-state index in [1.165, 1.54) is 6.07 Å². The number of hydrogen-bond donors (Lipinski definition) is 0. The first-order valence-corrected chi connectivity index (χ1v) is 6.52. The minimum Gasteiger partial charge on any atom is -0.465 e. The quantitative estimate of drug-likeness (QED) is 0.811. The average Bonchev–Trinajstić information content (AvgIpc) is 2.40. The zero-order valence-electron chi connectivity index (χ0n) is 11.1. The van der Waals surface area contributed by atoms with Crippen molar-refractivity contribution in [1.29, 1.82) is 0 Å². The number of carbonyl (C=O) groups is 1. The molecule has 0 N–H and O–H groups in total. The number of hydrogen-bond acceptors (Lipinski definition) is 5. The van der Waals surface area contributed by atoms with Crippen LogP contribution in [0.4, 0.5) is 0 Å². The Kier molecular flexibility index (Phi) is 4.29. The molecule has 0 aliphatic rings. The van der Waals surface area contributed by atoms with Crippen molar-refractivity contribution < 1.29 is 18.7 Å². The lowest BCUT2D eigenvalue weighted by molar-refractivity contribution is 0.0517. The Morgan fingerprint density at radius 2 is 2.00 bits per heavy atom. The molecule has 0 aliphatic heterocycles. The van der Waals surface area contributed by atoms with E-state index in [9.17, 15) is 9.59 Å². The highest BCUT2D eigenvalue weighted by Crippen LogP contribution is 2.28. The van der Waals surface area contributed by atoms with Crippen LogP contribution in [0.2, 0.25) is 5.02 Å². The summed E-state index contributed by atoms with van der Waals surface area (Å²) in [7, 11) is 0. The molecule has 0 amide bonds. The van der Waals surface area contributed by atoms with Gasteiger partial charge in [-0.05, 0) is 26.0 Å². The molecular weight excluding hydrogens is 284 g/mol. The molecule has 0 fully saturated rings. The summed E-state index contributed by atoms with van der Waals surface area (Å²) in [6.07, 6.45) is 0. The lowest BCUT2D eigenvalue weighted by Crippen LogP contribution is -2.13. The molecule has 0 saturated carbocycles. The first kappa shape index (κ1) is 14.4. The van der Waals surface area contributed by atoms with E-state index < -0.39 is 11.6 Å². The standard InChI is InChI=1S/C14H13ClO5/c1-3-18-13(17)11-9-6-5-8(15)7-10(9)12(16)20-14(11)19-4-2/h5-7H,3-4H2,1-2H3. The van der Waals surface area contributed by atoms with Crippen LogP contribution in [0.5, 0.6) is 5.95 Å². The fourth-order valence-electron chi connectivity index (χ4n) is 1.83. The van der Waals surface area contributed by atoms with Crippen molar-refractivity contribution in [2.24, 2.45) is 0 Å². The summed E-state index contributed by atoms with van der Waals surface area (Å²) in [6.45, 7) is 3.88. The average molecular weight is 297 g/mol. The van der Waals surface area contributed by atoms with E-state index in [1.807, 2.05) is 0 Å². The summed E-state index contributed by atoms with van der Waals surface area (Å²) < 4.78 is 15.2. The topological polar surface area (TPSA) is 65.7 Å². The monoisotopic (exact) mass is 296 g/mol. The number of fused-ring (bicyclic) bond motifs is 1. The Balaban J connectivity index is 2.78. The molecule has 0 spiro atoms. The molecule has 106 valence electrons.